The Bertz CT molecular complexity index is 1140. The van der Waals surface area contributed by atoms with Crippen LogP contribution in [0.15, 0.2) is 60.8 Å². The maximum Gasteiger partial charge on any atom is 0.219 e. The van der Waals surface area contributed by atoms with Crippen molar-refractivity contribution in [1.82, 2.24) is 14.4 Å². The molecule has 0 amide bonds. The molecule has 0 atom stereocenters. The Morgan fingerprint density at radius 3 is 2.28 bits per heavy atom. The van der Waals surface area contributed by atoms with Gasteiger partial charge in [0.05, 0.1) is 18.5 Å². The molecule has 2 heterocycles. The molecule has 0 bridgehead atoms. The molecule has 0 aliphatic heterocycles. The minimum atomic E-state index is -0.277. The number of methoxy groups -OCH3 is 1. The standard InChI is InChI=1S/C24H25N3O2/c1-24(2,3)21-23(28)27-15-20(17-10-12-18(29-4)13-11-17)25-19(22(27)26-21)14-16-8-6-5-7-9-16/h5-13,15,28H,14H2,1-4H3. The van der Waals surface area contributed by atoms with E-state index in [1.807, 2.05) is 69.4 Å². The summed E-state index contributed by atoms with van der Waals surface area (Å²) in [4.78, 5) is 9.70. The summed E-state index contributed by atoms with van der Waals surface area (Å²) in [5, 5.41) is 10.9. The number of hydrogen-bond acceptors (Lipinski definition) is 4. The van der Waals surface area contributed by atoms with Crippen molar-refractivity contribution in [3.05, 3.63) is 77.7 Å². The van der Waals surface area contributed by atoms with Crippen molar-refractivity contribution in [3.8, 4) is 22.9 Å². The average Bonchev–Trinajstić information content (AvgIpc) is 3.06. The fourth-order valence-electron chi connectivity index (χ4n) is 3.41. The van der Waals surface area contributed by atoms with Crippen LogP contribution in [0, 0.1) is 0 Å². The molecule has 0 radical (unpaired) electrons. The lowest BCUT2D eigenvalue weighted by molar-refractivity contribution is 0.415. The van der Waals surface area contributed by atoms with Gasteiger partial charge in [-0.15, -0.1) is 0 Å². The zero-order chi connectivity index (χ0) is 20.6. The van der Waals surface area contributed by atoms with Crippen LogP contribution in [0.4, 0.5) is 0 Å². The fourth-order valence-corrected chi connectivity index (χ4v) is 3.41. The normalized spacial score (nSPS) is 11.7. The highest BCUT2D eigenvalue weighted by Gasteiger charge is 2.25. The Balaban J connectivity index is 1.91. The van der Waals surface area contributed by atoms with Crippen LogP contribution in [0.25, 0.3) is 16.9 Å². The average molecular weight is 387 g/mol. The third kappa shape index (κ3) is 3.68. The molecule has 0 saturated heterocycles. The van der Waals surface area contributed by atoms with E-state index in [4.69, 9.17) is 14.7 Å². The third-order valence-electron chi connectivity index (χ3n) is 4.96. The molecule has 4 rings (SSSR count). The van der Waals surface area contributed by atoms with Gasteiger partial charge in [0.1, 0.15) is 11.4 Å². The van der Waals surface area contributed by atoms with Crippen molar-refractivity contribution in [2.75, 3.05) is 7.11 Å². The Morgan fingerprint density at radius 2 is 1.66 bits per heavy atom. The lowest BCUT2D eigenvalue weighted by atomic mass is 9.92. The van der Waals surface area contributed by atoms with Crippen LogP contribution in [0.1, 0.15) is 37.7 Å². The summed E-state index contributed by atoms with van der Waals surface area (Å²) in [5.41, 5.74) is 4.78. The van der Waals surface area contributed by atoms with Crippen LogP contribution in [0.3, 0.4) is 0 Å². The smallest absolute Gasteiger partial charge is 0.219 e. The van der Waals surface area contributed by atoms with Gasteiger partial charge in [0.25, 0.3) is 0 Å². The summed E-state index contributed by atoms with van der Waals surface area (Å²) >= 11 is 0. The third-order valence-corrected chi connectivity index (χ3v) is 4.96. The predicted octanol–water partition coefficient (Wildman–Crippen LogP) is 5.00. The van der Waals surface area contributed by atoms with Crippen LogP contribution in [-0.4, -0.2) is 26.6 Å². The van der Waals surface area contributed by atoms with Crippen molar-refractivity contribution in [2.24, 2.45) is 0 Å². The van der Waals surface area contributed by atoms with Gasteiger partial charge in [0.15, 0.2) is 5.65 Å². The number of aromatic hydroxyl groups is 1. The molecule has 1 N–H and O–H groups in total. The summed E-state index contributed by atoms with van der Waals surface area (Å²) in [6.07, 6.45) is 2.48. The zero-order valence-corrected chi connectivity index (χ0v) is 17.2. The monoisotopic (exact) mass is 387 g/mol. The van der Waals surface area contributed by atoms with Crippen molar-refractivity contribution in [3.63, 3.8) is 0 Å². The first kappa shape index (κ1) is 19.0. The van der Waals surface area contributed by atoms with E-state index in [-0.39, 0.29) is 11.3 Å². The van der Waals surface area contributed by atoms with Crippen molar-refractivity contribution in [2.45, 2.75) is 32.6 Å². The molecule has 0 fully saturated rings. The predicted molar refractivity (Wildman–Crippen MR) is 115 cm³/mol. The first-order valence-corrected chi connectivity index (χ1v) is 9.66. The molecule has 2 aromatic heterocycles. The highest BCUT2D eigenvalue weighted by atomic mass is 16.5. The summed E-state index contributed by atoms with van der Waals surface area (Å²) in [6, 6.07) is 17.9. The lowest BCUT2D eigenvalue weighted by Gasteiger charge is -2.14. The number of ether oxygens (including phenoxy) is 1. The van der Waals surface area contributed by atoms with Crippen LogP contribution >= 0.6 is 0 Å². The van der Waals surface area contributed by atoms with Crippen molar-refractivity contribution < 1.29 is 9.84 Å². The van der Waals surface area contributed by atoms with E-state index in [0.29, 0.717) is 17.8 Å². The van der Waals surface area contributed by atoms with Crippen LogP contribution in [0.2, 0.25) is 0 Å². The Labute approximate surface area is 170 Å². The Kier molecular flexibility index (Phi) is 4.74. The van der Waals surface area contributed by atoms with Crippen LogP contribution in [0.5, 0.6) is 11.6 Å². The van der Waals surface area contributed by atoms with Gasteiger partial charge in [-0.3, -0.25) is 4.40 Å². The second kappa shape index (κ2) is 7.24. The number of hydrogen-bond donors (Lipinski definition) is 1. The summed E-state index contributed by atoms with van der Waals surface area (Å²) < 4.78 is 7.02. The number of imidazole rings is 1. The number of nitrogens with zero attached hydrogens (tertiary/aromatic N) is 3. The second-order valence-corrected chi connectivity index (χ2v) is 8.19. The number of rotatable bonds is 4. The highest BCUT2D eigenvalue weighted by Crippen LogP contribution is 2.33. The maximum atomic E-state index is 10.9. The quantitative estimate of drug-likeness (QED) is 0.535. The zero-order valence-electron chi connectivity index (χ0n) is 17.2. The van der Waals surface area contributed by atoms with Crippen LogP contribution < -0.4 is 4.74 Å². The largest absolute Gasteiger partial charge is 0.497 e. The van der Waals surface area contributed by atoms with Gasteiger partial charge in [-0.25, -0.2) is 9.97 Å². The van der Waals surface area contributed by atoms with Gasteiger partial charge in [0.2, 0.25) is 5.88 Å². The lowest BCUT2D eigenvalue weighted by Crippen LogP contribution is -2.11. The summed E-state index contributed by atoms with van der Waals surface area (Å²) in [7, 11) is 1.65. The number of fused-ring (bicyclic) bond motifs is 1. The van der Waals surface area contributed by atoms with Gasteiger partial charge in [-0.2, -0.15) is 0 Å². The Hall–Kier alpha value is -3.34. The molecule has 5 heteroatoms. The van der Waals surface area contributed by atoms with Crippen molar-refractivity contribution >= 4 is 5.65 Å². The second-order valence-electron chi connectivity index (χ2n) is 8.19. The molecular weight excluding hydrogens is 362 g/mol. The van der Waals surface area contributed by atoms with E-state index >= 15 is 0 Å². The molecule has 5 nitrogen and oxygen atoms in total. The molecule has 0 aliphatic rings. The van der Waals surface area contributed by atoms with Gasteiger partial charge in [-0.05, 0) is 29.8 Å². The van der Waals surface area contributed by atoms with Gasteiger partial charge < -0.3 is 9.84 Å². The van der Waals surface area contributed by atoms with Crippen LogP contribution in [-0.2, 0) is 11.8 Å². The molecular formula is C24H25N3O2. The fraction of sp³-hybridized carbons (Fsp3) is 0.250. The van der Waals surface area contributed by atoms with Gasteiger partial charge in [0, 0.05) is 23.6 Å². The minimum absolute atomic E-state index is 0.166. The van der Waals surface area contributed by atoms with E-state index in [9.17, 15) is 5.11 Å². The summed E-state index contributed by atoms with van der Waals surface area (Å²) in [6.45, 7) is 6.13. The topological polar surface area (TPSA) is 59.7 Å². The maximum absolute atomic E-state index is 10.9. The van der Waals surface area contributed by atoms with E-state index in [2.05, 4.69) is 12.1 Å². The first-order valence-electron chi connectivity index (χ1n) is 9.66. The molecule has 0 saturated carbocycles. The van der Waals surface area contributed by atoms with E-state index < -0.39 is 0 Å². The van der Waals surface area contributed by atoms with E-state index in [1.54, 1.807) is 11.5 Å². The minimum Gasteiger partial charge on any atom is -0.497 e. The number of benzene rings is 2. The number of aromatic nitrogens is 3. The Morgan fingerprint density at radius 1 is 0.966 bits per heavy atom. The molecule has 0 unspecified atom stereocenters. The highest BCUT2D eigenvalue weighted by molar-refractivity contribution is 5.64. The van der Waals surface area contributed by atoms with Gasteiger partial charge >= 0.3 is 0 Å². The summed E-state index contributed by atoms with van der Waals surface area (Å²) in [5.74, 6) is 0.957. The molecule has 4 aromatic rings. The molecule has 148 valence electrons. The molecule has 0 spiro atoms. The molecule has 29 heavy (non-hydrogen) atoms. The first-order chi connectivity index (χ1) is 13.9. The van der Waals surface area contributed by atoms with E-state index in [1.165, 1.54) is 0 Å². The van der Waals surface area contributed by atoms with Crippen molar-refractivity contribution in [1.29, 1.82) is 0 Å². The van der Waals surface area contributed by atoms with E-state index in [0.717, 1.165) is 28.3 Å². The SMILES string of the molecule is COc1ccc(-c2cn3c(O)c(C(C)(C)C)nc3c(Cc3ccccc3)n2)cc1. The molecule has 2 aromatic carbocycles. The molecule has 0 aliphatic carbocycles. The van der Waals surface area contributed by atoms with Gasteiger partial charge in [-0.1, -0.05) is 51.1 Å².